The fourth-order valence-electron chi connectivity index (χ4n) is 2.02. The molecule has 1 aliphatic heterocycles. The molecule has 1 heterocycles. The van der Waals surface area contributed by atoms with Gasteiger partial charge in [-0.25, -0.2) is 4.79 Å². The van der Waals surface area contributed by atoms with Crippen molar-refractivity contribution in [1.29, 1.82) is 10.5 Å². The maximum Gasteiger partial charge on any atom is 0.409 e. The molecular weight excluding hydrogens is 272 g/mol. The second-order valence-electron chi connectivity index (χ2n) is 4.25. The fraction of sp³-hybridized carbons (Fsp3) is 0.214. The largest absolute Gasteiger partial charge is 0.465 e. The van der Waals surface area contributed by atoms with Gasteiger partial charge in [-0.05, 0) is 24.3 Å². The molecule has 2 N–H and O–H groups in total. The zero-order valence-corrected chi connectivity index (χ0v) is 11.0. The van der Waals surface area contributed by atoms with Crippen LogP contribution in [0.4, 0.5) is 16.2 Å². The van der Waals surface area contributed by atoms with Gasteiger partial charge in [-0.15, -0.1) is 0 Å². The van der Waals surface area contributed by atoms with Crippen molar-refractivity contribution in [3.8, 4) is 12.1 Å². The fourth-order valence-corrected chi connectivity index (χ4v) is 2.02. The van der Waals surface area contributed by atoms with E-state index in [1.165, 1.54) is 0 Å². The first-order chi connectivity index (χ1) is 10.2. The molecule has 0 unspecified atom stereocenters. The summed E-state index contributed by atoms with van der Waals surface area (Å²) in [6.45, 7) is 0.599. The number of carboxylic acid groups (broad SMARTS) is 1. The lowest BCUT2D eigenvalue weighted by atomic mass is 10.2. The first-order valence-corrected chi connectivity index (χ1v) is 6.10. The van der Waals surface area contributed by atoms with Crippen LogP contribution in [0.3, 0.4) is 0 Å². The minimum atomic E-state index is -1.14. The van der Waals surface area contributed by atoms with E-state index in [0.29, 0.717) is 22.6 Å². The SMILES string of the molecule is N#CCN(C1=C(C#N)COC1)c1ccc(NC(=O)O)cc1. The van der Waals surface area contributed by atoms with E-state index in [4.69, 9.17) is 20.4 Å². The quantitative estimate of drug-likeness (QED) is 0.817. The van der Waals surface area contributed by atoms with Crippen molar-refractivity contribution in [3.63, 3.8) is 0 Å². The van der Waals surface area contributed by atoms with Crippen LogP contribution in [0, 0.1) is 22.7 Å². The Hall–Kier alpha value is -3.03. The third kappa shape index (κ3) is 3.30. The maximum absolute atomic E-state index is 10.6. The van der Waals surface area contributed by atoms with Crippen molar-refractivity contribution >= 4 is 17.5 Å². The summed E-state index contributed by atoms with van der Waals surface area (Å²) in [4.78, 5) is 12.2. The molecule has 1 amide bonds. The highest BCUT2D eigenvalue weighted by Gasteiger charge is 2.22. The van der Waals surface area contributed by atoms with Crippen LogP contribution in [0.5, 0.6) is 0 Å². The number of nitriles is 2. The summed E-state index contributed by atoms with van der Waals surface area (Å²) in [6, 6.07) is 10.7. The first kappa shape index (κ1) is 14.4. The first-order valence-electron chi connectivity index (χ1n) is 6.10. The monoisotopic (exact) mass is 284 g/mol. The lowest BCUT2D eigenvalue weighted by molar-refractivity contribution is 0.205. The number of hydrogen-bond donors (Lipinski definition) is 2. The topological polar surface area (TPSA) is 109 Å². The normalized spacial score (nSPS) is 13.4. The van der Waals surface area contributed by atoms with Gasteiger partial charge in [0.05, 0.1) is 36.6 Å². The highest BCUT2D eigenvalue weighted by Crippen LogP contribution is 2.26. The summed E-state index contributed by atoms with van der Waals surface area (Å²) in [5.41, 5.74) is 2.29. The maximum atomic E-state index is 10.6. The Morgan fingerprint density at radius 3 is 2.62 bits per heavy atom. The summed E-state index contributed by atoms with van der Waals surface area (Å²) in [5.74, 6) is 0. The van der Waals surface area contributed by atoms with Crippen LogP contribution in [0.1, 0.15) is 0 Å². The third-order valence-electron chi connectivity index (χ3n) is 2.95. The van der Waals surface area contributed by atoms with E-state index in [1.54, 1.807) is 29.2 Å². The number of rotatable bonds is 4. The molecule has 0 aromatic heterocycles. The summed E-state index contributed by atoms with van der Waals surface area (Å²) in [6.07, 6.45) is -1.14. The second-order valence-corrected chi connectivity index (χ2v) is 4.25. The van der Waals surface area contributed by atoms with Crippen LogP contribution < -0.4 is 10.2 Å². The number of carbonyl (C=O) groups is 1. The molecule has 7 heteroatoms. The minimum absolute atomic E-state index is 0.0789. The lowest BCUT2D eigenvalue weighted by Gasteiger charge is -2.23. The van der Waals surface area contributed by atoms with E-state index in [9.17, 15) is 4.79 Å². The Kier molecular flexibility index (Phi) is 4.39. The molecule has 0 fully saturated rings. The van der Waals surface area contributed by atoms with Crippen molar-refractivity contribution in [2.75, 3.05) is 30.0 Å². The van der Waals surface area contributed by atoms with E-state index in [0.717, 1.165) is 0 Å². The summed E-state index contributed by atoms with van der Waals surface area (Å²) >= 11 is 0. The summed E-state index contributed by atoms with van der Waals surface area (Å²) < 4.78 is 5.25. The van der Waals surface area contributed by atoms with Gasteiger partial charge in [0.25, 0.3) is 0 Å². The Morgan fingerprint density at radius 2 is 2.05 bits per heavy atom. The van der Waals surface area contributed by atoms with Crippen molar-refractivity contribution in [2.45, 2.75) is 0 Å². The number of nitrogens with one attached hydrogen (secondary N) is 1. The molecule has 2 rings (SSSR count). The molecule has 106 valence electrons. The van der Waals surface area contributed by atoms with Gasteiger partial charge in [0.1, 0.15) is 6.54 Å². The molecule has 0 aliphatic carbocycles. The second kappa shape index (κ2) is 6.42. The number of hydrogen-bond acceptors (Lipinski definition) is 5. The average molecular weight is 284 g/mol. The molecular formula is C14H12N4O3. The number of nitrogens with zero attached hydrogens (tertiary/aromatic N) is 3. The van der Waals surface area contributed by atoms with Gasteiger partial charge in [0, 0.05) is 11.4 Å². The Morgan fingerprint density at radius 1 is 1.33 bits per heavy atom. The molecule has 1 aromatic carbocycles. The molecule has 0 radical (unpaired) electrons. The van der Waals surface area contributed by atoms with Crippen molar-refractivity contribution in [2.24, 2.45) is 0 Å². The van der Waals surface area contributed by atoms with Gasteiger partial charge >= 0.3 is 6.09 Å². The van der Waals surface area contributed by atoms with E-state index in [1.807, 2.05) is 0 Å². The minimum Gasteiger partial charge on any atom is -0.465 e. The molecule has 21 heavy (non-hydrogen) atoms. The lowest BCUT2D eigenvalue weighted by Crippen LogP contribution is -2.24. The van der Waals surface area contributed by atoms with Gasteiger partial charge in [0.2, 0.25) is 0 Å². The molecule has 0 atom stereocenters. The zero-order chi connectivity index (χ0) is 15.2. The third-order valence-corrected chi connectivity index (χ3v) is 2.95. The smallest absolute Gasteiger partial charge is 0.409 e. The van der Waals surface area contributed by atoms with Gasteiger partial charge < -0.3 is 14.7 Å². The van der Waals surface area contributed by atoms with Crippen molar-refractivity contribution in [1.82, 2.24) is 0 Å². The Bertz CT molecular complexity index is 652. The van der Waals surface area contributed by atoms with Crippen molar-refractivity contribution < 1.29 is 14.6 Å². The number of amides is 1. The highest BCUT2D eigenvalue weighted by molar-refractivity contribution is 5.83. The molecule has 1 aromatic rings. The van der Waals surface area contributed by atoms with Crippen molar-refractivity contribution in [3.05, 3.63) is 35.5 Å². The van der Waals surface area contributed by atoms with Crippen LogP contribution >= 0.6 is 0 Å². The molecule has 0 saturated carbocycles. The highest BCUT2D eigenvalue weighted by atomic mass is 16.5. The molecule has 0 bridgehead atoms. The predicted octanol–water partition coefficient (Wildman–Crippen LogP) is 1.91. The van der Waals surface area contributed by atoms with E-state index in [-0.39, 0.29) is 19.8 Å². The number of benzene rings is 1. The summed E-state index contributed by atoms with van der Waals surface area (Å²) in [7, 11) is 0. The van der Waals surface area contributed by atoms with Crippen LogP contribution in [0.25, 0.3) is 0 Å². The van der Waals surface area contributed by atoms with Gasteiger partial charge in [-0.2, -0.15) is 10.5 Å². The molecule has 7 nitrogen and oxygen atoms in total. The van der Waals surface area contributed by atoms with E-state index in [2.05, 4.69) is 17.5 Å². The predicted molar refractivity (Wildman–Crippen MR) is 74.5 cm³/mol. The number of anilines is 2. The van der Waals surface area contributed by atoms with Gasteiger partial charge in [-0.3, -0.25) is 5.32 Å². The van der Waals surface area contributed by atoms with Crippen LogP contribution in [0.2, 0.25) is 0 Å². The molecule has 0 spiro atoms. The molecule has 0 saturated heterocycles. The standard InChI is InChI=1S/C14H12N4O3/c15-5-6-18(13-9-21-8-10(13)7-16)12-3-1-11(2-4-12)17-14(19)20/h1-4,17H,6,8-9H2,(H,19,20). The van der Waals surface area contributed by atoms with Crippen LogP contribution in [-0.2, 0) is 4.74 Å². The van der Waals surface area contributed by atoms with Gasteiger partial charge in [0.15, 0.2) is 0 Å². The zero-order valence-electron chi connectivity index (χ0n) is 11.0. The van der Waals surface area contributed by atoms with E-state index >= 15 is 0 Å². The van der Waals surface area contributed by atoms with Crippen LogP contribution in [0.15, 0.2) is 35.5 Å². The Labute approximate surface area is 121 Å². The van der Waals surface area contributed by atoms with Gasteiger partial charge in [-0.1, -0.05) is 0 Å². The van der Waals surface area contributed by atoms with E-state index < -0.39 is 6.09 Å². The number of ether oxygens (including phenoxy) is 1. The average Bonchev–Trinajstić information content (AvgIpc) is 2.93. The van der Waals surface area contributed by atoms with Crippen LogP contribution in [-0.4, -0.2) is 31.0 Å². The molecule has 1 aliphatic rings. The summed E-state index contributed by atoms with van der Waals surface area (Å²) in [5, 5.41) is 28.9. The Balaban J connectivity index is 2.29.